The average Bonchev–Trinajstić information content (AvgIpc) is 2.53. The summed E-state index contributed by atoms with van der Waals surface area (Å²) in [7, 11) is 0. The smallest absolute Gasteiger partial charge is 0.117 e. The van der Waals surface area contributed by atoms with Crippen LogP contribution < -0.4 is 5.32 Å². The van der Waals surface area contributed by atoms with Gasteiger partial charge >= 0.3 is 0 Å². The zero-order chi connectivity index (χ0) is 8.39. The molecule has 2 heteroatoms. The van der Waals surface area contributed by atoms with E-state index in [-0.39, 0.29) is 0 Å². The summed E-state index contributed by atoms with van der Waals surface area (Å²) >= 11 is 0. The van der Waals surface area contributed by atoms with E-state index in [9.17, 15) is 4.39 Å². The molecule has 1 N–H and O–H groups in total. The molecule has 0 aromatic heterocycles. The van der Waals surface area contributed by atoms with Crippen LogP contribution in [0.15, 0.2) is 0 Å². The van der Waals surface area contributed by atoms with Crippen molar-refractivity contribution in [2.24, 2.45) is 11.8 Å². The van der Waals surface area contributed by atoms with Gasteiger partial charge in [-0.25, -0.2) is 4.39 Å². The second kappa shape index (κ2) is 3.73. The Balaban J connectivity index is 1.89. The number of nitrogens with one attached hydrogen (secondary N) is 1. The maximum atomic E-state index is 13.3. The maximum absolute atomic E-state index is 13.3. The normalized spacial score (nSPS) is 38.8. The van der Waals surface area contributed by atoms with Crippen molar-refractivity contribution < 1.29 is 4.39 Å². The van der Waals surface area contributed by atoms with Crippen LogP contribution >= 0.6 is 0 Å². The fourth-order valence-electron chi connectivity index (χ4n) is 2.69. The third-order valence-electron chi connectivity index (χ3n) is 3.44. The van der Waals surface area contributed by atoms with Crippen molar-refractivity contribution in [3.63, 3.8) is 0 Å². The van der Waals surface area contributed by atoms with E-state index >= 15 is 0 Å². The summed E-state index contributed by atoms with van der Waals surface area (Å²) in [6, 6.07) is 0. The number of halogens is 1. The molecule has 2 fully saturated rings. The van der Waals surface area contributed by atoms with Crippen LogP contribution in [0.2, 0.25) is 0 Å². The van der Waals surface area contributed by atoms with Crippen LogP contribution in [0.4, 0.5) is 4.39 Å². The Kier molecular flexibility index (Phi) is 2.64. The summed E-state index contributed by atoms with van der Waals surface area (Å²) in [6.07, 6.45) is 6.00. The highest BCUT2D eigenvalue weighted by molar-refractivity contribution is 4.87. The van der Waals surface area contributed by atoms with Gasteiger partial charge in [0.15, 0.2) is 0 Å². The molecule has 0 amide bonds. The van der Waals surface area contributed by atoms with E-state index in [1.165, 1.54) is 32.1 Å². The van der Waals surface area contributed by atoms with Crippen molar-refractivity contribution in [3.05, 3.63) is 0 Å². The molecule has 70 valence electrons. The van der Waals surface area contributed by atoms with Crippen LogP contribution in [0.25, 0.3) is 0 Å². The highest BCUT2D eigenvalue weighted by Gasteiger charge is 2.33. The van der Waals surface area contributed by atoms with Gasteiger partial charge in [-0.1, -0.05) is 32.1 Å². The van der Waals surface area contributed by atoms with Crippen LogP contribution in [-0.2, 0) is 0 Å². The zero-order valence-corrected chi connectivity index (χ0v) is 7.56. The van der Waals surface area contributed by atoms with Gasteiger partial charge < -0.3 is 5.32 Å². The predicted octanol–water partition coefficient (Wildman–Crippen LogP) is 2.12. The fraction of sp³-hybridized carbons (Fsp3) is 1.00. The van der Waals surface area contributed by atoms with Gasteiger partial charge in [0.25, 0.3) is 0 Å². The molecule has 0 aromatic carbocycles. The number of hydrogen-bond donors (Lipinski definition) is 1. The lowest BCUT2D eigenvalue weighted by atomic mass is 9.79. The van der Waals surface area contributed by atoms with Crippen molar-refractivity contribution in [2.75, 3.05) is 13.1 Å². The fourth-order valence-corrected chi connectivity index (χ4v) is 2.69. The largest absolute Gasteiger partial charge is 0.313 e. The number of alkyl halides is 1. The summed E-state index contributed by atoms with van der Waals surface area (Å²) in [5.74, 6) is 1.02. The SMILES string of the molecule is F[C@H]1CNC[C@@H]1C1CCCCC1. The van der Waals surface area contributed by atoms with Crippen molar-refractivity contribution in [1.29, 1.82) is 0 Å². The zero-order valence-electron chi connectivity index (χ0n) is 7.56. The predicted molar refractivity (Wildman–Crippen MR) is 47.8 cm³/mol. The molecule has 0 radical (unpaired) electrons. The Morgan fingerprint density at radius 2 is 1.75 bits per heavy atom. The Labute approximate surface area is 73.7 Å². The summed E-state index contributed by atoms with van der Waals surface area (Å²) in [4.78, 5) is 0. The third kappa shape index (κ3) is 1.63. The van der Waals surface area contributed by atoms with Gasteiger partial charge in [0, 0.05) is 19.0 Å². The molecule has 0 spiro atoms. The van der Waals surface area contributed by atoms with Crippen LogP contribution in [-0.4, -0.2) is 19.3 Å². The van der Waals surface area contributed by atoms with Gasteiger partial charge in [-0.15, -0.1) is 0 Å². The summed E-state index contributed by atoms with van der Waals surface area (Å²) in [5.41, 5.74) is 0. The Hall–Kier alpha value is -0.110. The van der Waals surface area contributed by atoms with E-state index in [4.69, 9.17) is 0 Å². The van der Waals surface area contributed by atoms with E-state index in [2.05, 4.69) is 5.32 Å². The summed E-state index contributed by atoms with van der Waals surface area (Å²) in [6.45, 7) is 1.52. The van der Waals surface area contributed by atoms with E-state index in [1.807, 2.05) is 0 Å². The van der Waals surface area contributed by atoms with Gasteiger partial charge in [0.2, 0.25) is 0 Å². The molecule has 0 bridgehead atoms. The highest BCUT2D eigenvalue weighted by atomic mass is 19.1. The van der Waals surface area contributed by atoms with Gasteiger partial charge in [-0.05, 0) is 5.92 Å². The summed E-state index contributed by atoms with van der Waals surface area (Å²) in [5, 5.41) is 3.14. The van der Waals surface area contributed by atoms with E-state index in [0.717, 1.165) is 6.54 Å². The molecule has 1 saturated heterocycles. The first-order valence-electron chi connectivity index (χ1n) is 5.22. The molecule has 1 saturated carbocycles. The van der Waals surface area contributed by atoms with Gasteiger partial charge in [-0.3, -0.25) is 0 Å². The first kappa shape index (κ1) is 8.49. The molecule has 2 aliphatic rings. The molecule has 1 heterocycles. The standard InChI is InChI=1S/C10H18FN/c11-10-7-12-6-9(10)8-4-2-1-3-5-8/h8-10,12H,1-7H2/t9-,10+/m1/s1. The molecule has 1 aliphatic carbocycles. The van der Waals surface area contributed by atoms with Crippen molar-refractivity contribution in [1.82, 2.24) is 5.32 Å². The van der Waals surface area contributed by atoms with E-state index in [0.29, 0.717) is 18.4 Å². The Bertz CT molecular complexity index is 143. The molecule has 2 rings (SSSR count). The first-order chi connectivity index (χ1) is 5.88. The van der Waals surface area contributed by atoms with Gasteiger partial charge in [-0.2, -0.15) is 0 Å². The monoisotopic (exact) mass is 171 g/mol. The van der Waals surface area contributed by atoms with Crippen molar-refractivity contribution in [2.45, 2.75) is 38.3 Å². The molecule has 2 atom stereocenters. The van der Waals surface area contributed by atoms with Crippen LogP contribution in [0.5, 0.6) is 0 Å². The van der Waals surface area contributed by atoms with Crippen LogP contribution in [0.3, 0.4) is 0 Å². The van der Waals surface area contributed by atoms with Gasteiger partial charge in [0.05, 0.1) is 0 Å². The Morgan fingerprint density at radius 1 is 1.00 bits per heavy atom. The topological polar surface area (TPSA) is 12.0 Å². The second-order valence-electron chi connectivity index (χ2n) is 4.24. The molecular formula is C10H18FN. The van der Waals surface area contributed by atoms with E-state index in [1.54, 1.807) is 0 Å². The molecule has 1 nitrogen and oxygen atoms in total. The minimum Gasteiger partial charge on any atom is -0.313 e. The molecule has 0 unspecified atom stereocenters. The number of hydrogen-bond acceptors (Lipinski definition) is 1. The minimum atomic E-state index is -0.562. The summed E-state index contributed by atoms with van der Waals surface area (Å²) < 4.78 is 13.3. The van der Waals surface area contributed by atoms with Gasteiger partial charge in [0.1, 0.15) is 6.17 Å². The molecule has 12 heavy (non-hydrogen) atoms. The van der Waals surface area contributed by atoms with Crippen LogP contribution in [0, 0.1) is 11.8 Å². The minimum absolute atomic E-state index is 0.338. The van der Waals surface area contributed by atoms with Crippen molar-refractivity contribution in [3.8, 4) is 0 Å². The van der Waals surface area contributed by atoms with Crippen molar-refractivity contribution >= 4 is 0 Å². The average molecular weight is 171 g/mol. The number of rotatable bonds is 1. The van der Waals surface area contributed by atoms with E-state index < -0.39 is 6.17 Å². The lowest BCUT2D eigenvalue weighted by Gasteiger charge is -2.27. The quantitative estimate of drug-likeness (QED) is 0.637. The third-order valence-corrected chi connectivity index (χ3v) is 3.44. The lowest BCUT2D eigenvalue weighted by molar-refractivity contribution is 0.176. The Morgan fingerprint density at radius 3 is 2.33 bits per heavy atom. The molecule has 1 aliphatic heterocycles. The highest BCUT2D eigenvalue weighted by Crippen LogP contribution is 2.33. The van der Waals surface area contributed by atoms with Crippen LogP contribution in [0.1, 0.15) is 32.1 Å². The molecular weight excluding hydrogens is 153 g/mol. The lowest BCUT2D eigenvalue weighted by Crippen LogP contribution is -2.25. The second-order valence-corrected chi connectivity index (χ2v) is 4.24. The first-order valence-corrected chi connectivity index (χ1v) is 5.22. The molecule has 0 aromatic rings. The maximum Gasteiger partial charge on any atom is 0.117 e.